The number of oxime groups is 1. The number of nitrogens with zero attached hydrogens (tertiary/aromatic N) is 3. The summed E-state index contributed by atoms with van der Waals surface area (Å²) in [6, 6.07) is 13.7. The largest absolute Gasteiger partial charge is 0.411 e. The highest BCUT2D eigenvalue weighted by Crippen LogP contribution is 2.26. The van der Waals surface area contributed by atoms with Gasteiger partial charge in [0.05, 0.1) is 16.9 Å². The summed E-state index contributed by atoms with van der Waals surface area (Å²) < 4.78 is 0. The van der Waals surface area contributed by atoms with Crippen LogP contribution in [0, 0.1) is 0 Å². The van der Waals surface area contributed by atoms with Gasteiger partial charge in [-0.05, 0) is 54.8 Å². The molecule has 0 amide bonds. The number of aryl methyl sites for hydroxylation is 1. The highest BCUT2D eigenvalue weighted by molar-refractivity contribution is 6.33. The number of halogens is 2. The van der Waals surface area contributed by atoms with Crippen LogP contribution < -0.4 is 4.90 Å². The van der Waals surface area contributed by atoms with E-state index in [1.165, 1.54) is 6.21 Å². The molecule has 0 radical (unpaired) electrons. The van der Waals surface area contributed by atoms with E-state index in [9.17, 15) is 0 Å². The molecular weight excluding hydrogens is 369 g/mol. The molecule has 0 aliphatic carbocycles. The monoisotopic (exact) mass is 391 g/mol. The molecule has 3 rings (SSSR count). The number of benzene rings is 2. The maximum atomic E-state index is 8.80. The van der Waals surface area contributed by atoms with E-state index < -0.39 is 0 Å². The van der Waals surface area contributed by atoms with Crippen LogP contribution in [0.25, 0.3) is 0 Å². The van der Waals surface area contributed by atoms with Crippen LogP contribution >= 0.6 is 23.2 Å². The first-order valence-electron chi connectivity index (χ1n) is 8.85. The Balaban J connectivity index is 1.49. The Morgan fingerprint density at radius 2 is 1.81 bits per heavy atom. The summed E-state index contributed by atoms with van der Waals surface area (Å²) in [6.07, 6.45) is 3.42. The van der Waals surface area contributed by atoms with Gasteiger partial charge in [-0.25, -0.2) is 0 Å². The molecule has 0 spiro atoms. The lowest BCUT2D eigenvalue weighted by Gasteiger charge is -2.36. The highest BCUT2D eigenvalue weighted by atomic mass is 35.5. The van der Waals surface area contributed by atoms with Crippen LogP contribution in [-0.2, 0) is 6.42 Å². The second-order valence-electron chi connectivity index (χ2n) is 6.47. The number of hydrogen-bond donors (Lipinski definition) is 1. The van der Waals surface area contributed by atoms with Crippen LogP contribution in [0.3, 0.4) is 0 Å². The van der Waals surface area contributed by atoms with Gasteiger partial charge in [0.1, 0.15) is 0 Å². The van der Waals surface area contributed by atoms with E-state index in [1.54, 1.807) is 0 Å². The quantitative estimate of drug-likeness (QED) is 0.445. The predicted octanol–water partition coefficient (Wildman–Crippen LogP) is 4.56. The Bertz CT molecular complexity index is 758. The van der Waals surface area contributed by atoms with Crippen molar-refractivity contribution in [3.63, 3.8) is 0 Å². The van der Waals surface area contributed by atoms with Crippen LogP contribution in [-0.4, -0.2) is 49.0 Å². The van der Waals surface area contributed by atoms with Crippen molar-refractivity contribution >= 4 is 35.1 Å². The SMILES string of the molecule is ON=Cc1ccc(Cl)cc1CCCN1CCN(c2ccccc2Cl)CC1. The summed E-state index contributed by atoms with van der Waals surface area (Å²) in [5.41, 5.74) is 3.16. The molecule has 1 heterocycles. The van der Waals surface area contributed by atoms with Gasteiger partial charge in [0.15, 0.2) is 0 Å². The lowest BCUT2D eigenvalue weighted by Crippen LogP contribution is -2.46. The zero-order chi connectivity index (χ0) is 18.4. The summed E-state index contributed by atoms with van der Waals surface area (Å²) in [4.78, 5) is 4.84. The smallest absolute Gasteiger partial charge is 0.0736 e. The third-order valence-corrected chi connectivity index (χ3v) is 5.34. The standard InChI is InChI=1S/C20H23Cl2N3O/c21-18-8-7-17(15-23-26)16(14-18)4-3-9-24-10-12-25(13-11-24)20-6-2-1-5-19(20)22/h1-2,5-8,14-15,26H,3-4,9-13H2. The number of piperazine rings is 1. The molecule has 0 atom stereocenters. The summed E-state index contributed by atoms with van der Waals surface area (Å²) in [5, 5.41) is 13.5. The normalized spacial score (nSPS) is 15.7. The molecule has 1 N–H and O–H groups in total. The third-order valence-electron chi connectivity index (χ3n) is 4.79. The second-order valence-corrected chi connectivity index (χ2v) is 7.31. The summed E-state index contributed by atoms with van der Waals surface area (Å²) in [7, 11) is 0. The molecule has 1 aliphatic rings. The van der Waals surface area contributed by atoms with Crippen molar-refractivity contribution in [3.05, 3.63) is 63.6 Å². The lowest BCUT2D eigenvalue weighted by molar-refractivity contribution is 0.255. The number of anilines is 1. The molecule has 2 aromatic rings. The zero-order valence-corrected chi connectivity index (χ0v) is 16.1. The Hall–Kier alpha value is -1.75. The van der Waals surface area contributed by atoms with Gasteiger partial charge in [0, 0.05) is 31.2 Å². The Morgan fingerprint density at radius 1 is 1.04 bits per heavy atom. The van der Waals surface area contributed by atoms with Crippen molar-refractivity contribution in [2.45, 2.75) is 12.8 Å². The molecule has 2 aromatic carbocycles. The highest BCUT2D eigenvalue weighted by Gasteiger charge is 2.18. The molecular formula is C20H23Cl2N3O. The van der Waals surface area contributed by atoms with E-state index in [0.29, 0.717) is 5.02 Å². The first-order chi connectivity index (χ1) is 12.7. The fourth-order valence-corrected chi connectivity index (χ4v) is 3.84. The first-order valence-corrected chi connectivity index (χ1v) is 9.60. The van der Waals surface area contributed by atoms with Gasteiger partial charge in [-0.2, -0.15) is 0 Å². The van der Waals surface area contributed by atoms with E-state index in [4.69, 9.17) is 28.4 Å². The van der Waals surface area contributed by atoms with E-state index in [2.05, 4.69) is 21.0 Å². The van der Waals surface area contributed by atoms with Crippen molar-refractivity contribution in [1.29, 1.82) is 0 Å². The first kappa shape index (κ1) is 19.0. The van der Waals surface area contributed by atoms with Gasteiger partial charge in [-0.15, -0.1) is 0 Å². The second kappa shape index (κ2) is 9.26. The number of hydrogen-bond acceptors (Lipinski definition) is 4. The lowest BCUT2D eigenvalue weighted by atomic mass is 10.0. The molecule has 1 aliphatic heterocycles. The predicted molar refractivity (Wildman–Crippen MR) is 109 cm³/mol. The summed E-state index contributed by atoms with van der Waals surface area (Å²) in [5.74, 6) is 0. The van der Waals surface area contributed by atoms with Crippen molar-refractivity contribution in [3.8, 4) is 0 Å². The van der Waals surface area contributed by atoms with Crippen LogP contribution in [0.15, 0.2) is 47.6 Å². The van der Waals surface area contributed by atoms with Gasteiger partial charge in [0.25, 0.3) is 0 Å². The number of para-hydroxylation sites is 1. The molecule has 0 bridgehead atoms. The minimum Gasteiger partial charge on any atom is -0.411 e. The van der Waals surface area contributed by atoms with Crippen LogP contribution in [0.1, 0.15) is 17.5 Å². The molecule has 26 heavy (non-hydrogen) atoms. The van der Waals surface area contributed by atoms with Crippen LogP contribution in [0.2, 0.25) is 10.0 Å². The summed E-state index contributed by atoms with van der Waals surface area (Å²) in [6.45, 7) is 5.09. The van der Waals surface area contributed by atoms with Crippen molar-refractivity contribution in [2.24, 2.45) is 5.16 Å². The van der Waals surface area contributed by atoms with Crippen LogP contribution in [0.5, 0.6) is 0 Å². The molecule has 4 nitrogen and oxygen atoms in total. The van der Waals surface area contributed by atoms with Gasteiger partial charge < -0.3 is 10.1 Å². The number of rotatable bonds is 6. The van der Waals surface area contributed by atoms with Gasteiger partial charge in [-0.3, -0.25) is 4.90 Å². The molecule has 1 saturated heterocycles. The minimum atomic E-state index is 0.712. The van der Waals surface area contributed by atoms with Crippen LogP contribution in [0.4, 0.5) is 5.69 Å². The minimum absolute atomic E-state index is 0.712. The van der Waals surface area contributed by atoms with Gasteiger partial charge >= 0.3 is 0 Å². The van der Waals surface area contributed by atoms with E-state index in [0.717, 1.165) is 67.4 Å². The molecule has 1 fully saturated rings. The maximum Gasteiger partial charge on any atom is 0.0736 e. The Labute approximate surface area is 164 Å². The van der Waals surface area contributed by atoms with E-state index in [1.807, 2.05) is 36.4 Å². The van der Waals surface area contributed by atoms with Crippen molar-refractivity contribution < 1.29 is 5.21 Å². The van der Waals surface area contributed by atoms with E-state index in [-0.39, 0.29) is 0 Å². The fraction of sp³-hybridized carbons (Fsp3) is 0.350. The van der Waals surface area contributed by atoms with Gasteiger partial charge in [0.2, 0.25) is 0 Å². The molecule has 0 aromatic heterocycles. The van der Waals surface area contributed by atoms with Gasteiger partial charge in [-0.1, -0.05) is 46.6 Å². The summed E-state index contributed by atoms with van der Waals surface area (Å²) >= 11 is 12.4. The maximum absolute atomic E-state index is 8.80. The average Bonchev–Trinajstić information content (AvgIpc) is 2.65. The topological polar surface area (TPSA) is 39.1 Å². The zero-order valence-electron chi connectivity index (χ0n) is 14.6. The van der Waals surface area contributed by atoms with Crippen molar-refractivity contribution in [2.75, 3.05) is 37.6 Å². The van der Waals surface area contributed by atoms with Crippen molar-refractivity contribution in [1.82, 2.24) is 4.90 Å². The molecule has 0 saturated carbocycles. The molecule has 6 heteroatoms. The Kier molecular flexibility index (Phi) is 6.78. The Morgan fingerprint density at radius 3 is 2.54 bits per heavy atom. The third kappa shape index (κ3) is 4.91. The fourth-order valence-electron chi connectivity index (χ4n) is 3.39. The molecule has 138 valence electrons. The molecule has 0 unspecified atom stereocenters. The average molecular weight is 392 g/mol. The van der Waals surface area contributed by atoms with E-state index >= 15 is 0 Å².